The Balaban J connectivity index is 1.93. The van der Waals surface area contributed by atoms with E-state index in [0.717, 1.165) is 5.69 Å². The molecule has 116 valence electrons. The number of nitrogens with zero attached hydrogens (tertiary/aromatic N) is 2. The van der Waals surface area contributed by atoms with E-state index >= 15 is 0 Å². The van der Waals surface area contributed by atoms with Gasteiger partial charge in [-0.1, -0.05) is 54.6 Å². The third-order valence-electron chi connectivity index (χ3n) is 5.19. The fourth-order valence-electron chi connectivity index (χ4n) is 4.22. The zero-order valence-corrected chi connectivity index (χ0v) is 13.5. The molecule has 0 fully saturated rings. The van der Waals surface area contributed by atoms with E-state index in [9.17, 15) is 0 Å². The summed E-state index contributed by atoms with van der Waals surface area (Å²) in [6, 6.07) is 27.9. The van der Waals surface area contributed by atoms with Gasteiger partial charge in [-0.05, 0) is 24.3 Å². The van der Waals surface area contributed by atoms with Crippen LogP contribution in [-0.2, 0) is 0 Å². The molecule has 0 radical (unpaired) electrons. The topological polar surface area (TPSA) is 17.3 Å². The maximum Gasteiger partial charge on any atom is 0.0708 e. The minimum atomic E-state index is 1.02. The second-order valence-electron chi connectivity index (χ2n) is 6.47. The van der Waals surface area contributed by atoms with Crippen molar-refractivity contribution in [1.82, 2.24) is 9.38 Å². The molecule has 3 heterocycles. The number of benzene rings is 3. The standard InChI is InChI=1S/C23H14N2/c1-2-12-20-15(7-1)16-8-5-10-18-22-17(19-11-3-4-14-24-19)9-6-13-21(22)25(20)23(16)18/h1-14H. The lowest BCUT2D eigenvalue weighted by molar-refractivity contribution is 1.33. The molecule has 0 amide bonds. The highest BCUT2D eigenvalue weighted by molar-refractivity contribution is 6.25. The van der Waals surface area contributed by atoms with E-state index in [1.54, 1.807) is 0 Å². The van der Waals surface area contributed by atoms with Crippen LogP contribution in [0.4, 0.5) is 0 Å². The third-order valence-corrected chi connectivity index (χ3v) is 5.19. The van der Waals surface area contributed by atoms with E-state index in [0.29, 0.717) is 0 Å². The van der Waals surface area contributed by atoms with Gasteiger partial charge in [0.2, 0.25) is 0 Å². The molecule has 0 bridgehead atoms. The minimum absolute atomic E-state index is 1.02. The van der Waals surface area contributed by atoms with Crippen molar-refractivity contribution >= 4 is 38.1 Å². The van der Waals surface area contributed by atoms with Gasteiger partial charge in [0, 0.05) is 33.3 Å². The van der Waals surface area contributed by atoms with E-state index in [1.165, 1.54) is 43.7 Å². The monoisotopic (exact) mass is 318 g/mol. The molecule has 25 heavy (non-hydrogen) atoms. The number of hydrogen-bond acceptors (Lipinski definition) is 1. The van der Waals surface area contributed by atoms with E-state index < -0.39 is 0 Å². The fourth-order valence-corrected chi connectivity index (χ4v) is 4.22. The van der Waals surface area contributed by atoms with Crippen LogP contribution in [0.2, 0.25) is 0 Å². The number of fused-ring (bicyclic) bond motifs is 6. The first-order valence-electron chi connectivity index (χ1n) is 8.51. The molecule has 0 spiro atoms. The summed E-state index contributed by atoms with van der Waals surface area (Å²) < 4.78 is 2.40. The molecule has 3 aromatic heterocycles. The SMILES string of the molecule is c1ccc(-c2cccc3c2c2cccc4c5ccccc5n3c42)nc1. The van der Waals surface area contributed by atoms with E-state index in [2.05, 4.69) is 76.1 Å². The van der Waals surface area contributed by atoms with Gasteiger partial charge in [-0.15, -0.1) is 0 Å². The van der Waals surface area contributed by atoms with Crippen LogP contribution in [0.5, 0.6) is 0 Å². The maximum absolute atomic E-state index is 4.59. The largest absolute Gasteiger partial charge is 0.308 e. The fraction of sp³-hybridized carbons (Fsp3) is 0. The molecule has 6 aromatic rings. The molecule has 0 unspecified atom stereocenters. The number of rotatable bonds is 1. The molecule has 0 saturated carbocycles. The van der Waals surface area contributed by atoms with Crippen LogP contribution in [0.15, 0.2) is 85.1 Å². The van der Waals surface area contributed by atoms with Crippen molar-refractivity contribution in [2.75, 3.05) is 0 Å². The predicted octanol–water partition coefficient (Wildman–Crippen LogP) is 5.90. The molecular formula is C23H14N2. The Hall–Kier alpha value is -3.39. The summed E-state index contributed by atoms with van der Waals surface area (Å²) in [5, 5.41) is 5.21. The van der Waals surface area contributed by atoms with Crippen molar-refractivity contribution in [3.63, 3.8) is 0 Å². The summed E-state index contributed by atoms with van der Waals surface area (Å²) in [7, 11) is 0. The second-order valence-corrected chi connectivity index (χ2v) is 6.47. The Morgan fingerprint density at radius 2 is 1.36 bits per heavy atom. The number of hydrogen-bond donors (Lipinski definition) is 0. The van der Waals surface area contributed by atoms with Gasteiger partial charge in [-0.3, -0.25) is 4.98 Å². The highest BCUT2D eigenvalue weighted by Gasteiger charge is 2.19. The van der Waals surface area contributed by atoms with Gasteiger partial charge < -0.3 is 4.40 Å². The first kappa shape index (κ1) is 13.0. The van der Waals surface area contributed by atoms with E-state index in [4.69, 9.17) is 0 Å². The van der Waals surface area contributed by atoms with E-state index in [1.807, 2.05) is 18.3 Å². The lowest BCUT2D eigenvalue weighted by Gasteiger charge is -2.04. The van der Waals surface area contributed by atoms with Gasteiger partial charge in [0.1, 0.15) is 0 Å². The van der Waals surface area contributed by atoms with Crippen LogP contribution in [0, 0.1) is 0 Å². The summed E-state index contributed by atoms with van der Waals surface area (Å²) in [5.74, 6) is 0. The molecule has 0 aliphatic carbocycles. The summed E-state index contributed by atoms with van der Waals surface area (Å²) in [6.07, 6.45) is 1.86. The minimum Gasteiger partial charge on any atom is -0.308 e. The Morgan fingerprint density at radius 3 is 2.28 bits per heavy atom. The molecule has 0 aliphatic heterocycles. The Kier molecular flexibility index (Phi) is 2.37. The molecule has 0 N–H and O–H groups in total. The van der Waals surface area contributed by atoms with Crippen LogP contribution in [0.25, 0.3) is 49.4 Å². The second kappa shape index (κ2) is 4.58. The van der Waals surface area contributed by atoms with Crippen molar-refractivity contribution in [3.05, 3.63) is 85.1 Å². The number of para-hydroxylation sites is 2. The highest BCUT2D eigenvalue weighted by atomic mass is 14.9. The lowest BCUT2D eigenvalue weighted by Crippen LogP contribution is -1.84. The van der Waals surface area contributed by atoms with Crippen LogP contribution in [-0.4, -0.2) is 9.38 Å². The highest BCUT2D eigenvalue weighted by Crippen LogP contribution is 2.41. The summed E-state index contributed by atoms with van der Waals surface area (Å²) in [4.78, 5) is 4.59. The molecule has 6 rings (SSSR count). The molecule has 2 heteroatoms. The predicted molar refractivity (Wildman–Crippen MR) is 104 cm³/mol. The smallest absolute Gasteiger partial charge is 0.0708 e. The van der Waals surface area contributed by atoms with Gasteiger partial charge in [-0.25, -0.2) is 0 Å². The Labute approximate surface area is 144 Å². The third kappa shape index (κ3) is 1.56. The van der Waals surface area contributed by atoms with Gasteiger partial charge >= 0.3 is 0 Å². The van der Waals surface area contributed by atoms with E-state index in [-0.39, 0.29) is 0 Å². The zero-order chi connectivity index (χ0) is 16.4. The molecule has 0 atom stereocenters. The van der Waals surface area contributed by atoms with Gasteiger partial charge in [0.05, 0.1) is 22.2 Å². The molecule has 0 aliphatic rings. The van der Waals surface area contributed by atoms with Gasteiger partial charge in [0.15, 0.2) is 0 Å². The lowest BCUT2D eigenvalue weighted by atomic mass is 10.0. The summed E-state index contributed by atoms with van der Waals surface area (Å²) >= 11 is 0. The molecule has 0 saturated heterocycles. The van der Waals surface area contributed by atoms with Crippen molar-refractivity contribution in [1.29, 1.82) is 0 Å². The average molecular weight is 318 g/mol. The van der Waals surface area contributed by atoms with Crippen molar-refractivity contribution in [3.8, 4) is 11.3 Å². The van der Waals surface area contributed by atoms with Gasteiger partial charge in [0.25, 0.3) is 0 Å². The first-order chi connectivity index (χ1) is 12.4. The van der Waals surface area contributed by atoms with Crippen LogP contribution < -0.4 is 0 Å². The zero-order valence-electron chi connectivity index (χ0n) is 13.5. The van der Waals surface area contributed by atoms with Crippen molar-refractivity contribution in [2.45, 2.75) is 0 Å². The maximum atomic E-state index is 4.59. The van der Waals surface area contributed by atoms with Crippen molar-refractivity contribution < 1.29 is 0 Å². The summed E-state index contributed by atoms with van der Waals surface area (Å²) in [5.41, 5.74) is 6.03. The van der Waals surface area contributed by atoms with Crippen molar-refractivity contribution in [2.24, 2.45) is 0 Å². The molecular weight excluding hydrogens is 304 g/mol. The van der Waals surface area contributed by atoms with Crippen LogP contribution in [0.1, 0.15) is 0 Å². The van der Waals surface area contributed by atoms with Gasteiger partial charge in [-0.2, -0.15) is 0 Å². The first-order valence-corrected chi connectivity index (χ1v) is 8.51. The number of pyridine rings is 1. The normalized spacial score (nSPS) is 12.0. The average Bonchev–Trinajstić information content (AvgIpc) is 3.21. The number of aromatic nitrogens is 2. The summed E-state index contributed by atoms with van der Waals surface area (Å²) in [6.45, 7) is 0. The Morgan fingerprint density at radius 1 is 0.600 bits per heavy atom. The Bertz CT molecular complexity index is 1380. The van der Waals surface area contributed by atoms with Crippen LogP contribution in [0.3, 0.4) is 0 Å². The quantitative estimate of drug-likeness (QED) is 0.369. The van der Waals surface area contributed by atoms with Crippen LogP contribution >= 0.6 is 0 Å². The molecule has 3 aromatic carbocycles. The molecule has 2 nitrogen and oxygen atoms in total.